The van der Waals surface area contributed by atoms with Crippen LogP contribution in [-0.4, -0.2) is 34.4 Å². The number of aryl methyl sites for hydroxylation is 1. The predicted octanol–water partition coefficient (Wildman–Crippen LogP) is 3.72. The van der Waals surface area contributed by atoms with Gasteiger partial charge in [0.05, 0.1) is 19.1 Å². The second kappa shape index (κ2) is 9.24. The number of ether oxygens (including phenoxy) is 1. The fourth-order valence-corrected chi connectivity index (χ4v) is 3.16. The van der Waals surface area contributed by atoms with Gasteiger partial charge in [0.1, 0.15) is 5.76 Å². The van der Waals surface area contributed by atoms with Crippen LogP contribution in [0, 0.1) is 6.92 Å². The van der Waals surface area contributed by atoms with Crippen LogP contribution in [-0.2, 0) is 12.2 Å². The van der Waals surface area contributed by atoms with Crippen LogP contribution in [0.3, 0.4) is 0 Å². The molecule has 7 heteroatoms. The summed E-state index contributed by atoms with van der Waals surface area (Å²) < 4.78 is 10.7. The third-order valence-corrected chi connectivity index (χ3v) is 4.72. The number of furan rings is 1. The number of anilines is 1. The monoisotopic (exact) mass is 370 g/mol. The van der Waals surface area contributed by atoms with E-state index in [1.807, 2.05) is 37.5 Å². The minimum atomic E-state index is 0.575. The van der Waals surface area contributed by atoms with Crippen LogP contribution in [0.15, 0.2) is 47.3 Å². The molecule has 3 rings (SSSR count). The molecule has 0 bridgehead atoms. The van der Waals surface area contributed by atoms with E-state index in [-0.39, 0.29) is 0 Å². The number of hydrogen-bond donors (Lipinski definition) is 1. The van der Waals surface area contributed by atoms with Gasteiger partial charge >= 0.3 is 0 Å². The van der Waals surface area contributed by atoms with Gasteiger partial charge in [-0.2, -0.15) is 16.7 Å². The van der Waals surface area contributed by atoms with E-state index in [0.29, 0.717) is 18.2 Å². The first-order valence-corrected chi connectivity index (χ1v) is 9.55. The van der Waals surface area contributed by atoms with Crippen molar-refractivity contribution in [3.8, 4) is 5.88 Å². The summed E-state index contributed by atoms with van der Waals surface area (Å²) in [6, 6.07) is 7.95. The van der Waals surface area contributed by atoms with Gasteiger partial charge in [-0.15, -0.1) is 0 Å². The highest BCUT2D eigenvalue weighted by atomic mass is 32.2. The van der Waals surface area contributed by atoms with Crippen molar-refractivity contribution in [2.75, 3.05) is 24.7 Å². The fraction of sp³-hybridized carbons (Fsp3) is 0.316. The smallest absolute Gasteiger partial charge is 0.225 e. The minimum absolute atomic E-state index is 0.575. The second-order valence-electron chi connectivity index (χ2n) is 5.77. The molecule has 0 aliphatic carbocycles. The number of aromatic nitrogens is 3. The molecule has 0 amide bonds. The summed E-state index contributed by atoms with van der Waals surface area (Å²) in [5.74, 6) is 3.95. The normalized spacial score (nSPS) is 10.7. The van der Waals surface area contributed by atoms with E-state index in [4.69, 9.17) is 9.15 Å². The molecule has 136 valence electrons. The van der Waals surface area contributed by atoms with Crippen molar-refractivity contribution in [3.63, 3.8) is 0 Å². The first-order valence-electron chi connectivity index (χ1n) is 8.40. The molecule has 3 aromatic rings. The van der Waals surface area contributed by atoms with Crippen LogP contribution in [0.4, 0.5) is 5.95 Å². The maximum atomic E-state index is 5.43. The lowest BCUT2D eigenvalue weighted by atomic mass is 10.1. The molecule has 0 saturated heterocycles. The fourth-order valence-electron chi connectivity index (χ4n) is 2.40. The molecule has 0 saturated carbocycles. The van der Waals surface area contributed by atoms with Crippen molar-refractivity contribution in [1.82, 2.24) is 15.0 Å². The van der Waals surface area contributed by atoms with Crippen LogP contribution in [0.25, 0.3) is 0 Å². The number of nitrogens with one attached hydrogen (secondary N) is 1. The van der Waals surface area contributed by atoms with E-state index < -0.39 is 0 Å². The van der Waals surface area contributed by atoms with Gasteiger partial charge in [0.15, 0.2) is 0 Å². The molecule has 0 aliphatic rings. The number of methoxy groups -OCH3 is 1. The third kappa shape index (κ3) is 5.23. The van der Waals surface area contributed by atoms with E-state index in [1.54, 1.807) is 25.1 Å². The summed E-state index contributed by atoms with van der Waals surface area (Å²) in [6.45, 7) is 2.75. The molecule has 0 radical (unpaired) electrons. The first kappa shape index (κ1) is 18.3. The zero-order valence-corrected chi connectivity index (χ0v) is 15.8. The maximum absolute atomic E-state index is 5.43. The predicted molar refractivity (Wildman–Crippen MR) is 104 cm³/mol. The lowest BCUT2D eigenvalue weighted by Gasteiger charge is -2.10. The largest absolute Gasteiger partial charge is 0.481 e. The molecule has 0 fully saturated rings. The standard InChI is InChI=1S/C19H22N4O2S/c1-14-5-6-15(11-21-14)10-16-12-22-19(23-18(16)24-2)20-7-9-26-13-17-4-3-8-25-17/h3-6,8,11-12H,7,9-10,13H2,1-2H3,(H,20,22,23). The van der Waals surface area contributed by atoms with Gasteiger partial charge in [-0.3, -0.25) is 4.98 Å². The van der Waals surface area contributed by atoms with Crippen molar-refractivity contribution < 1.29 is 9.15 Å². The lowest BCUT2D eigenvalue weighted by molar-refractivity contribution is 0.393. The number of hydrogen-bond acceptors (Lipinski definition) is 7. The summed E-state index contributed by atoms with van der Waals surface area (Å²) in [5, 5.41) is 3.23. The molecule has 0 aromatic carbocycles. The molecule has 3 aromatic heterocycles. The summed E-state index contributed by atoms with van der Waals surface area (Å²) in [4.78, 5) is 13.2. The highest BCUT2D eigenvalue weighted by Crippen LogP contribution is 2.20. The Bertz CT molecular complexity index is 807. The number of thioether (sulfide) groups is 1. The Morgan fingerprint density at radius 2 is 2.12 bits per heavy atom. The Morgan fingerprint density at radius 1 is 1.19 bits per heavy atom. The average molecular weight is 370 g/mol. The van der Waals surface area contributed by atoms with Crippen molar-refractivity contribution in [1.29, 1.82) is 0 Å². The minimum Gasteiger partial charge on any atom is -0.481 e. The van der Waals surface area contributed by atoms with Crippen LogP contribution in [0.2, 0.25) is 0 Å². The Kier molecular flexibility index (Phi) is 6.49. The van der Waals surface area contributed by atoms with Gasteiger partial charge in [-0.05, 0) is 30.7 Å². The van der Waals surface area contributed by atoms with Crippen LogP contribution in [0.1, 0.15) is 22.6 Å². The zero-order valence-electron chi connectivity index (χ0n) is 14.9. The van der Waals surface area contributed by atoms with E-state index in [0.717, 1.165) is 40.6 Å². The quantitative estimate of drug-likeness (QED) is 0.576. The van der Waals surface area contributed by atoms with Gasteiger partial charge in [0, 0.05) is 42.4 Å². The number of rotatable bonds is 9. The van der Waals surface area contributed by atoms with Crippen molar-refractivity contribution in [2.24, 2.45) is 0 Å². The summed E-state index contributed by atoms with van der Waals surface area (Å²) in [7, 11) is 1.63. The average Bonchev–Trinajstić information content (AvgIpc) is 3.18. The summed E-state index contributed by atoms with van der Waals surface area (Å²) >= 11 is 1.80. The summed E-state index contributed by atoms with van der Waals surface area (Å²) in [6.07, 6.45) is 6.07. The topological polar surface area (TPSA) is 73.1 Å². The highest BCUT2D eigenvalue weighted by molar-refractivity contribution is 7.98. The maximum Gasteiger partial charge on any atom is 0.225 e. The molecular formula is C19H22N4O2S. The van der Waals surface area contributed by atoms with Crippen LogP contribution < -0.4 is 10.1 Å². The lowest BCUT2D eigenvalue weighted by Crippen LogP contribution is -2.09. The van der Waals surface area contributed by atoms with Crippen molar-refractivity contribution in [3.05, 3.63) is 65.5 Å². The summed E-state index contributed by atoms with van der Waals surface area (Å²) in [5.41, 5.74) is 3.05. The van der Waals surface area contributed by atoms with Gasteiger partial charge in [0.2, 0.25) is 11.8 Å². The molecule has 0 aliphatic heterocycles. The molecule has 0 atom stereocenters. The Hall–Kier alpha value is -2.54. The van der Waals surface area contributed by atoms with Gasteiger partial charge in [0.25, 0.3) is 0 Å². The van der Waals surface area contributed by atoms with Gasteiger partial charge < -0.3 is 14.5 Å². The van der Waals surface area contributed by atoms with E-state index in [1.165, 1.54) is 0 Å². The molecule has 1 N–H and O–H groups in total. The highest BCUT2D eigenvalue weighted by Gasteiger charge is 2.09. The number of nitrogens with zero attached hydrogens (tertiary/aromatic N) is 3. The Morgan fingerprint density at radius 3 is 2.85 bits per heavy atom. The first-order chi connectivity index (χ1) is 12.7. The molecule has 26 heavy (non-hydrogen) atoms. The molecule has 0 spiro atoms. The second-order valence-corrected chi connectivity index (χ2v) is 6.88. The van der Waals surface area contributed by atoms with Crippen molar-refractivity contribution >= 4 is 17.7 Å². The molecular weight excluding hydrogens is 348 g/mol. The van der Waals surface area contributed by atoms with E-state index in [9.17, 15) is 0 Å². The van der Waals surface area contributed by atoms with Crippen molar-refractivity contribution in [2.45, 2.75) is 19.1 Å². The number of pyridine rings is 1. The molecule has 0 unspecified atom stereocenters. The SMILES string of the molecule is COc1nc(NCCSCc2ccco2)ncc1Cc1ccc(C)nc1. The Balaban J connectivity index is 1.51. The van der Waals surface area contributed by atoms with Gasteiger partial charge in [-0.25, -0.2) is 4.98 Å². The van der Waals surface area contributed by atoms with E-state index >= 15 is 0 Å². The third-order valence-electron chi connectivity index (χ3n) is 3.74. The van der Waals surface area contributed by atoms with Gasteiger partial charge in [-0.1, -0.05) is 6.07 Å². The molecule has 6 nitrogen and oxygen atoms in total. The molecule has 3 heterocycles. The zero-order chi connectivity index (χ0) is 18.2. The Labute approximate surface area is 157 Å². The van der Waals surface area contributed by atoms with Crippen LogP contribution in [0.5, 0.6) is 5.88 Å². The van der Waals surface area contributed by atoms with E-state index in [2.05, 4.69) is 26.3 Å². The van der Waals surface area contributed by atoms with Crippen LogP contribution >= 0.6 is 11.8 Å².